The minimum absolute atomic E-state index is 0.0375. The number of non-ortho nitro benzene ring substituents is 1. The molecule has 2 N–H and O–H groups in total. The lowest BCUT2D eigenvalue weighted by molar-refractivity contribution is -0.384. The number of esters is 1. The number of rotatable bonds is 7. The highest BCUT2D eigenvalue weighted by atomic mass is 16.6. The normalized spacial score (nSPS) is 20.2. The Morgan fingerprint density at radius 2 is 2.00 bits per heavy atom. The molecule has 29 heavy (non-hydrogen) atoms. The van der Waals surface area contributed by atoms with Crippen molar-refractivity contribution in [3.05, 3.63) is 39.4 Å². The zero-order valence-electron chi connectivity index (χ0n) is 17.0. The summed E-state index contributed by atoms with van der Waals surface area (Å²) in [5.74, 6) is -0.370. The van der Waals surface area contributed by atoms with Gasteiger partial charge in [-0.25, -0.2) is 4.79 Å². The van der Waals surface area contributed by atoms with Crippen LogP contribution in [0, 0.1) is 16.0 Å². The summed E-state index contributed by atoms with van der Waals surface area (Å²) < 4.78 is 5.62. The second-order valence-corrected chi connectivity index (χ2v) is 8.38. The molecule has 1 aliphatic carbocycles. The van der Waals surface area contributed by atoms with Crippen LogP contribution in [0.25, 0.3) is 0 Å². The molecule has 0 spiro atoms. The summed E-state index contributed by atoms with van der Waals surface area (Å²) in [6, 6.07) is 3.55. The lowest BCUT2D eigenvalue weighted by atomic mass is 9.94. The summed E-state index contributed by atoms with van der Waals surface area (Å²) in [5.41, 5.74) is 1.77. The molecule has 158 valence electrons. The topological polar surface area (TPSA) is 111 Å². The summed E-state index contributed by atoms with van der Waals surface area (Å²) in [6.07, 6.45) is 4.83. The summed E-state index contributed by atoms with van der Waals surface area (Å²) >= 11 is 0. The third kappa shape index (κ3) is 5.53. The molecule has 0 saturated heterocycles. The summed E-state index contributed by atoms with van der Waals surface area (Å²) in [7, 11) is 0. The molecular weight excluding hydrogens is 374 g/mol. The van der Waals surface area contributed by atoms with E-state index in [1.165, 1.54) is 12.1 Å². The van der Waals surface area contributed by atoms with Crippen LogP contribution < -0.4 is 10.6 Å². The predicted molar refractivity (Wildman–Crippen MR) is 107 cm³/mol. The van der Waals surface area contributed by atoms with Gasteiger partial charge >= 0.3 is 5.97 Å². The van der Waals surface area contributed by atoms with Crippen molar-refractivity contribution in [1.29, 1.82) is 0 Å². The van der Waals surface area contributed by atoms with Crippen LogP contribution in [0.5, 0.6) is 0 Å². The monoisotopic (exact) mass is 403 g/mol. The molecule has 1 aliphatic heterocycles. The maximum atomic E-state index is 12.8. The summed E-state index contributed by atoms with van der Waals surface area (Å²) in [4.78, 5) is 36.0. The maximum absolute atomic E-state index is 12.8. The lowest BCUT2D eigenvalue weighted by Crippen LogP contribution is -2.53. The van der Waals surface area contributed by atoms with Crippen LogP contribution in [-0.2, 0) is 27.3 Å². The Hall–Kier alpha value is -2.48. The van der Waals surface area contributed by atoms with E-state index in [0.29, 0.717) is 19.4 Å². The van der Waals surface area contributed by atoms with Crippen LogP contribution in [0.15, 0.2) is 18.2 Å². The first kappa shape index (κ1) is 21.2. The number of hydrogen-bond acceptors (Lipinski definition) is 6. The quantitative estimate of drug-likeness (QED) is 0.411. The van der Waals surface area contributed by atoms with Gasteiger partial charge in [-0.05, 0) is 55.6 Å². The molecular formula is C21H29N3O5. The van der Waals surface area contributed by atoms with Gasteiger partial charge in [0.1, 0.15) is 12.1 Å². The van der Waals surface area contributed by atoms with Gasteiger partial charge in [0.05, 0.1) is 11.0 Å². The summed E-state index contributed by atoms with van der Waals surface area (Å²) in [5, 5.41) is 16.9. The molecule has 0 aromatic heterocycles. The number of fused-ring (bicyclic) bond motifs is 1. The highest BCUT2D eigenvalue weighted by molar-refractivity contribution is 5.88. The molecule has 1 amide bonds. The van der Waals surface area contributed by atoms with Gasteiger partial charge in [-0.15, -0.1) is 0 Å². The third-order valence-electron chi connectivity index (χ3n) is 5.57. The molecule has 1 heterocycles. The number of nitrogens with zero attached hydrogens (tertiary/aromatic N) is 1. The van der Waals surface area contributed by atoms with Gasteiger partial charge in [-0.1, -0.05) is 19.9 Å². The van der Waals surface area contributed by atoms with E-state index in [1.54, 1.807) is 6.07 Å². The van der Waals surface area contributed by atoms with Crippen LogP contribution >= 0.6 is 0 Å². The Morgan fingerprint density at radius 3 is 2.66 bits per heavy atom. The van der Waals surface area contributed by atoms with Gasteiger partial charge in [0.25, 0.3) is 5.69 Å². The number of nitro benzene ring substituents is 1. The molecule has 0 unspecified atom stereocenters. The Balaban J connectivity index is 1.63. The van der Waals surface area contributed by atoms with Crippen molar-refractivity contribution in [3.8, 4) is 0 Å². The van der Waals surface area contributed by atoms with E-state index in [9.17, 15) is 19.7 Å². The van der Waals surface area contributed by atoms with E-state index in [4.69, 9.17) is 4.74 Å². The first-order valence-corrected chi connectivity index (χ1v) is 10.3. The second kappa shape index (κ2) is 9.35. The standard InChI is InChI=1S/C21H29N3O5/c1-13(2)9-19(21(26)29-17-5-3-4-6-17)23-20(25)18-11-14-7-8-16(24(27)28)10-15(14)12-22-18/h7-8,10,13,17-19,22H,3-6,9,11-12H2,1-2H3,(H,23,25)/t18-,19-/m0/s1. The molecule has 0 radical (unpaired) electrons. The fourth-order valence-corrected chi connectivity index (χ4v) is 4.01. The first-order chi connectivity index (χ1) is 13.8. The average molecular weight is 403 g/mol. The first-order valence-electron chi connectivity index (χ1n) is 10.3. The van der Waals surface area contributed by atoms with Crippen LogP contribution in [0.1, 0.15) is 57.1 Å². The van der Waals surface area contributed by atoms with Gasteiger partial charge in [0.15, 0.2) is 0 Å². The molecule has 1 saturated carbocycles. The molecule has 1 aromatic carbocycles. The molecule has 8 nitrogen and oxygen atoms in total. The number of carbonyl (C=O) groups is 2. The van der Waals surface area contributed by atoms with E-state index in [-0.39, 0.29) is 29.6 Å². The fraction of sp³-hybridized carbons (Fsp3) is 0.619. The number of hydrogen-bond donors (Lipinski definition) is 2. The molecule has 8 heteroatoms. The Kier molecular flexibility index (Phi) is 6.84. The number of amides is 1. The van der Waals surface area contributed by atoms with E-state index < -0.39 is 17.0 Å². The number of ether oxygens (including phenoxy) is 1. The van der Waals surface area contributed by atoms with Crippen molar-refractivity contribution in [3.63, 3.8) is 0 Å². The van der Waals surface area contributed by atoms with Crippen LogP contribution in [0.4, 0.5) is 5.69 Å². The number of nitrogens with one attached hydrogen (secondary N) is 2. The fourth-order valence-electron chi connectivity index (χ4n) is 4.01. The van der Waals surface area contributed by atoms with Crippen molar-refractivity contribution in [2.24, 2.45) is 5.92 Å². The van der Waals surface area contributed by atoms with Gasteiger partial charge in [0.2, 0.25) is 5.91 Å². The van der Waals surface area contributed by atoms with Crippen LogP contribution in [-0.4, -0.2) is 35.0 Å². The predicted octanol–water partition coefficient (Wildman–Crippen LogP) is 2.63. The minimum atomic E-state index is -0.664. The van der Waals surface area contributed by atoms with Crippen LogP contribution in [0.3, 0.4) is 0 Å². The minimum Gasteiger partial charge on any atom is -0.461 e. The SMILES string of the molecule is CC(C)C[C@H](NC(=O)[C@@H]1Cc2ccc([N+](=O)[O-])cc2CN1)C(=O)OC1CCCC1. The zero-order chi connectivity index (χ0) is 21.0. The summed E-state index contributed by atoms with van der Waals surface area (Å²) in [6.45, 7) is 4.38. The van der Waals surface area contributed by atoms with Gasteiger partial charge < -0.3 is 15.4 Å². The highest BCUT2D eigenvalue weighted by Gasteiger charge is 2.31. The molecule has 3 rings (SSSR count). The van der Waals surface area contributed by atoms with Gasteiger partial charge in [0, 0.05) is 18.7 Å². The van der Waals surface area contributed by atoms with E-state index in [2.05, 4.69) is 10.6 Å². The average Bonchev–Trinajstić information content (AvgIpc) is 3.19. The molecule has 0 bridgehead atoms. The van der Waals surface area contributed by atoms with Crippen molar-refractivity contribution in [2.75, 3.05) is 0 Å². The van der Waals surface area contributed by atoms with E-state index in [0.717, 1.165) is 36.8 Å². The zero-order valence-corrected chi connectivity index (χ0v) is 17.0. The second-order valence-electron chi connectivity index (χ2n) is 8.38. The van der Waals surface area contributed by atoms with Crippen molar-refractivity contribution < 1.29 is 19.2 Å². The molecule has 2 aliphatic rings. The maximum Gasteiger partial charge on any atom is 0.328 e. The Morgan fingerprint density at radius 1 is 1.28 bits per heavy atom. The van der Waals surface area contributed by atoms with Crippen molar-refractivity contribution in [1.82, 2.24) is 10.6 Å². The number of carbonyl (C=O) groups excluding carboxylic acids is 2. The van der Waals surface area contributed by atoms with E-state index in [1.807, 2.05) is 13.8 Å². The lowest BCUT2D eigenvalue weighted by Gasteiger charge is -2.28. The Labute approximate surface area is 170 Å². The highest BCUT2D eigenvalue weighted by Crippen LogP contribution is 2.24. The molecule has 2 atom stereocenters. The van der Waals surface area contributed by atoms with Crippen molar-refractivity contribution in [2.45, 2.75) is 77.1 Å². The molecule has 1 fully saturated rings. The number of nitro groups is 1. The van der Waals surface area contributed by atoms with E-state index >= 15 is 0 Å². The Bertz CT molecular complexity index is 774. The number of benzene rings is 1. The van der Waals surface area contributed by atoms with Crippen molar-refractivity contribution >= 4 is 17.6 Å². The van der Waals surface area contributed by atoms with Gasteiger partial charge in [-0.3, -0.25) is 14.9 Å². The smallest absolute Gasteiger partial charge is 0.328 e. The third-order valence-corrected chi connectivity index (χ3v) is 5.57. The molecule has 1 aromatic rings. The van der Waals surface area contributed by atoms with Gasteiger partial charge in [-0.2, -0.15) is 0 Å². The van der Waals surface area contributed by atoms with Crippen LogP contribution in [0.2, 0.25) is 0 Å². The largest absolute Gasteiger partial charge is 0.461 e.